The molecule has 0 aliphatic carbocycles. The molecule has 0 spiro atoms. The van der Waals surface area contributed by atoms with Gasteiger partial charge in [0.1, 0.15) is 0 Å². The zero-order valence-corrected chi connectivity index (χ0v) is 16.5. The molecule has 2 aromatic rings. The Labute approximate surface area is 159 Å². The molecular formula is C19H22N2O5S. The fourth-order valence-electron chi connectivity index (χ4n) is 2.47. The molecule has 27 heavy (non-hydrogen) atoms. The maximum absolute atomic E-state index is 12.5. The first-order valence-corrected chi connectivity index (χ1v) is 9.88. The fourth-order valence-corrected chi connectivity index (χ4v) is 3.30. The Bertz CT molecular complexity index is 953. The summed E-state index contributed by atoms with van der Waals surface area (Å²) in [6, 6.07) is 11.2. The number of carbonyl (C=O) groups is 2. The number of hydrogen-bond acceptors (Lipinski definition) is 5. The lowest BCUT2D eigenvalue weighted by Gasteiger charge is -2.18. The number of nitrogens with zero attached hydrogens (tertiary/aromatic N) is 1. The monoisotopic (exact) mass is 390 g/mol. The van der Waals surface area contributed by atoms with Crippen LogP contribution in [0.15, 0.2) is 42.5 Å². The van der Waals surface area contributed by atoms with Crippen molar-refractivity contribution >= 4 is 33.3 Å². The highest BCUT2D eigenvalue weighted by atomic mass is 32.2. The van der Waals surface area contributed by atoms with Crippen LogP contribution in [0.4, 0.5) is 11.4 Å². The summed E-state index contributed by atoms with van der Waals surface area (Å²) >= 11 is 0. The summed E-state index contributed by atoms with van der Waals surface area (Å²) in [5.41, 5.74) is 2.30. The van der Waals surface area contributed by atoms with E-state index in [0.717, 1.165) is 0 Å². The van der Waals surface area contributed by atoms with Gasteiger partial charge in [-0.2, -0.15) is 0 Å². The highest BCUT2D eigenvalue weighted by Gasteiger charge is 2.17. The van der Waals surface area contributed by atoms with Crippen LogP contribution in [0.25, 0.3) is 0 Å². The van der Waals surface area contributed by atoms with Crippen LogP contribution in [0.1, 0.15) is 33.2 Å². The minimum absolute atomic E-state index is 0.0124. The Morgan fingerprint density at radius 1 is 1.11 bits per heavy atom. The summed E-state index contributed by atoms with van der Waals surface area (Å²) in [4.78, 5) is 24.3. The van der Waals surface area contributed by atoms with E-state index < -0.39 is 16.0 Å². The molecule has 144 valence electrons. The quantitative estimate of drug-likeness (QED) is 0.766. The van der Waals surface area contributed by atoms with Gasteiger partial charge in [-0.1, -0.05) is 6.07 Å². The molecule has 1 N–H and O–H groups in total. The van der Waals surface area contributed by atoms with Crippen molar-refractivity contribution in [3.8, 4) is 0 Å². The molecule has 0 aliphatic rings. The van der Waals surface area contributed by atoms with Crippen LogP contribution in [0.5, 0.6) is 0 Å². The number of ether oxygens (including phenoxy) is 1. The van der Waals surface area contributed by atoms with Crippen LogP contribution in [-0.4, -0.2) is 40.2 Å². The van der Waals surface area contributed by atoms with E-state index in [1.807, 2.05) is 0 Å². The molecule has 1 amide bonds. The van der Waals surface area contributed by atoms with Gasteiger partial charge < -0.3 is 10.1 Å². The standard InChI is InChI=1S/C19H22N2O5S/c1-5-27(24,25)21(3)15-11-9-14(10-12-15)18(22)20-17-8-6-7-16(13(17)2)19(23)26-4/h6-12H,5H2,1-4H3,(H,20,22). The smallest absolute Gasteiger partial charge is 0.338 e. The fraction of sp³-hybridized carbons (Fsp3) is 0.263. The van der Waals surface area contributed by atoms with E-state index in [4.69, 9.17) is 4.74 Å². The first-order valence-electron chi connectivity index (χ1n) is 8.27. The van der Waals surface area contributed by atoms with E-state index >= 15 is 0 Å². The number of hydrogen-bond donors (Lipinski definition) is 1. The Hall–Kier alpha value is -2.87. The predicted octanol–water partition coefficient (Wildman–Crippen LogP) is 2.82. The van der Waals surface area contributed by atoms with Gasteiger partial charge >= 0.3 is 5.97 Å². The molecule has 2 rings (SSSR count). The second kappa shape index (κ2) is 8.22. The minimum atomic E-state index is -3.36. The van der Waals surface area contributed by atoms with Crippen LogP contribution in [0.2, 0.25) is 0 Å². The Kier molecular flexibility index (Phi) is 6.22. The van der Waals surface area contributed by atoms with Crippen molar-refractivity contribution in [1.82, 2.24) is 0 Å². The number of nitrogens with one attached hydrogen (secondary N) is 1. The summed E-state index contributed by atoms with van der Waals surface area (Å²) in [6.07, 6.45) is 0. The highest BCUT2D eigenvalue weighted by Crippen LogP contribution is 2.22. The van der Waals surface area contributed by atoms with Gasteiger partial charge in [-0.3, -0.25) is 9.10 Å². The third kappa shape index (κ3) is 4.46. The van der Waals surface area contributed by atoms with E-state index in [1.54, 1.807) is 56.3 Å². The Balaban J connectivity index is 2.21. The summed E-state index contributed by atoms with van der Waals surface area (Å²) < 4.78 is 29.7. The van der Waals surface area contributed by atoms with Crippen LogP contribution in [-0.2, 0) is 14.8 Å². The zero-order valence-electron chi connectivity index (χ0n) is 15.6. The molecule has 0 aromatic heterocycles. The maximum atomic E-state index is 12.5. The van der Waals surface area contributed by atoms with E-state index in [0.29, 0.717) is 28.1 Å². The van der Waals surface area contributed by atoms with Gasteiger partial charge in [0.25, 0.3) is 5.91 Å². The summed E-state index contributed by atoms with van der Waals surface area (Å²) in [5.74, 6) is -0.859. The third-order valence-electron chi connectivity index (χ3n) is 4.26. The second-order valence-electron chi connectivity index (χ2n) is 5.84. The van der Waals surface area contributed by atoms with Crippen LogP contribution in [0.3, 0.4) is 0 Å². The average molecular weight is 390 g/mol. The van der Waals surface area contributed by atoms with Gasteiger partial charge in [0.05, 0.1) is 24.1 Å². The number of benzene rings is 2. The molecule has 0 aliphatic heterocycles. The number of sulfonamides is 1. The second-order valence-corrected chi connectivity index (χ2v) is 8.13. The number of methoxy groups -OCH3 is 1. The minimum Gasteiger partial charge on any atom is -0.465 e. The normalized spacial score (nSPS) is 11.0. The predicted molar refractivity (Wildman–Crippen MR) is 105 cm³/mol. The van der Waals surface area contributed by atoms with E-state index in [9.17, 15) is 18.0 Å². The highest BCUT2D eigenvalue weighted by molar-refractivity contribution is 7.92. The molecule has 0 fully saturated rings. The first kappa shape index (κ1) is 20.4. The number of esters is 1. The SMILES string of the molecule is CCS(=O)(=O)N(C)c1ccc(C(=O)Nc2cccc(C(=O)OC)c2C)cc1. The van der Waals surface area contributed by atoms with Gasteiger partial charge in [0.2, 0.25) is 10.0 Å². The third-order valence-corrected chi connectivity index (χ3v) is 6.04. The molecule has 2 aromatic carbocycles. The number of carbonyl (C=O) groups excluding carboxylic acids is 2. The van der Waals surface area contributed by atoms with Crippen molar-refractivity contribution < 1.29 is 22.7 Å². The van der Waals surface area contributed by atoms with Crippen molar-refractivity contribution in [2.45, 2.75) is 13.8 Å². The van der Waals surface area contributed by atoms with Crippen LogP contribution in [0, 0.1) is 6.92 Å². The van der Waals surface area contributed by atoms with Gasteiger partial charge in [0.15, 0.2) is 0 Å². The molecule has 7 nitrogen and oxygen atoms in total. The number of amides is 1. The van der Waals surface area contributed by atoms with Crippen molar-refractivity contribution in [3.63, 3.8) is 0 Å². The van der Waals surface area contributed by atoms with Crippen LogP contribution < -0.4 is 9.62 Å². The molecule has 0 saturated carbocycles. The average Bonchev–Trinajstić information content (AvgIpc) is 2.68. The van der Waals surface area contributed by atoms with Gasteiger partial charge in [-0.15, -0.1) is 0 Å². The molecule has 8 heteroatoms. The summed E-state index contributed by atoms with van der Waals surface area (Å²) in [5, 5.41) is 2.76. The molecule has 0 radical (unpaired) electrons. The lowest BCUT2D eigenvalue weighted by molar-refractivity contribution is 0.0599. The number of anilines is 2. The van der Waals surface area contributed by atoms with E-state index in [2.05, 4.69) is 5.32 Å². The molecule has 0 heterocycles. The lowest BCUT2D eigenvalue weighted by atomic mass is 10.1. The lowest BCUT2D eigenvalue weighted by Crippen LogP contribution is -2.28. The van der Waals surface area contributed by atoms with Crippen molar-refractivity contribution in [1.29, 1.82) is 0 Å². The Morgan fingerprint density at radius 2 is 1.74 bits per heavy atom. The van der Waals surface area contributed by atoms with E-state index in [-0.39, 0.29) is 11.7 Å². The number of rotatable bonds is 6. The molecule has 0 atom stereocenters. The van der Waals surface area contributed by atoms with Gasteiger partial charge in [-0.05, 0) is 55.8 Å². The van der Waals surface area contributed by atoms with Crippen molar-refractivity contribution in [2.24, 2.45) is 0 Å². The van der Waals surface area contributed by atoms with Crippen LogP contribution >= 0.6 is 0 Å². The maximum Gasteiger partial charge on any atom is 0.338 e. The first-order chi connectivity index (χ1) is 12.7. The van der Waals surface area contributed by atoms with Crippen molar-refractivity contribution in [2.75, 3.05) is 29.5 Å². The molecule has 0 unspecified atom stereocenters. The molecule has 0 saturated heterocycles. The summed E-state index contributed by atoms with van der Waals surface area (Å²) in [6.45, 7) is 3.29. The van der Waals surface area contributed by atoms with Gasteiger partial charge in [0, 0.05) is 18.3 Å². The topological polar surface area (TPSA) is 92.8 Å². The largest absolute Gasteiger partial charge is 0.465 e. The Morgan fingerprint density at radius 3 is 2.30 bits per heavy atom. The van der Waals surface area contributed by atoms with Crippen molar-refractivity contribution in [3.05, 3.63) is 59.2 Å². The summed E-state index contributed by atoms with van der Waals surface area (Å²) in [7, 11) is -0.601. The van der Waals surface area contributed by atoms with Gasteiger partial charge in [-0.25, -0.2) is 13.2 Å². The van der Waals surface area contributed by atoms with E-state index in [1.165, 1.54) is 18.5 Å². The zero-order chi connectivity index (χ0) is 20.2. The molecule has 0 bridgehead atoms. The molecular weight excluding hydrogens is 368 g/mol.